The molecular formula is C20H19N3O4. The Morgan fingerprint density at radius 2 is 1.96 bits per heavy atom. The van der Waals surface area contributed by atoms with Gasteiger partial charge in [0.15, 0.2) is 0 Å². The van der Waals surface area contributed by atoms with Crippen molar-refractivity contribution in [2.45, 2.75) is 6.17 Å². The highest BCUT2D eigenvalue weighted by atomic mass is 16.5. The molecule has 0 amide bonds. The molecule has 1 aromatic heterocycles. The number of carbonyl (C=O) groups is 2. The molecule has 0 spiro atoms. The number of nitrogens with one attached hydrogen (secondary N) is 1. The van der Waals surface area contributed by atoms with Gasteiger partial charge in [-0.1, -0.05) is 24.3 Å². The standard InChI is InChI=1S/C20H19N3O4/c1-26-18(24)12-17(20(25)27-2)23-11-9-14-6-3-4-8-16(14)19(23)22-15-7-5-10-21-13-15/h3-13,19,22H,1-2H3/b17-12+. The van der Waals surface area contributed by atoms with Gasteiger partial charge in [0.25, 0.3) is 0 Å². The molecule has 1 atom stereocenters. The molecule has 1 aliphatic heterocycles. The summed E-state index contributed by atoms with van der Waals surface area (Å²) in [5, 5.41) is 3.35. The number of methoxy groups -OCH3 is 2. The quantitative estimate of drug-likeness (QED) is 0.644. The second-order valence-electron chi connectivity index (χ2n) is 5.68. The number of hydrogen-bond donors (Lipinski definition) is 1. The summed E-state index contributed by atoms with van der Waals surface area (Å²) in [6, 6.07) is 11.5. The zero-order valence-corrected chi connectivity index (χ0v) is 15.0. The Hall–Kier alpha value is -3.61. The van der Waals surface area contributed by atoms with Crippen LogP contribution in [0.1, 0.15) is 17.3 Å². The third kappa shape index (κ3) is 3.98. The summed E-state index contributed by atoms with van der Waals surface area (Å²) in [4.78, 5) is 29.9. The summed E-state index contributed by atoms with van der Waals surface area (Å²) in [6.07, 6.45) is 7.61. The fraction of sp³-hybridized carbons (Fsp3) is 0.150. The van der Waals surface area contributed by atoms with E-state index in [-0.39, 0.29) is 5.70 Å². The Morgan fingerprint density at radius 1 is 1.15 bits per heavy atom. The van der Waals surface area contributed by atoms with Crippen LogP contribution in [0.25, 0.3) is 6.08 Å². The molecule has 138 valence electrons. The zero-order valence-electron chi connectivity index (χ0n) is 15.0. The van der Waals surface area contributed by atoms with Crippen LogP contribution in [0.2, 0.25) is 0 Å². The number of anilines is 1. The van der Waals surface area contributed by atoms with Crippen LogP contribution in [-0.4, -0.2) is 36.0 Å². The van der Waals surface area contributed by atoms with Gasteiger partial charge in [-0.3, -0.25) is 4.98 Å². The van der Waals surface area contributed by atoms with E-state index in [4.69, 9.17) is 4.74 Å². The fourth-order valence-electron chi connectivity index (χ4n) is 2.79. The minimum Gasteiger partial charge on any atom is -0.466 e. The molecule has 1 aliphatic rings. The third-order valence-electron chi connectivity index (χ3n) is 4.08. The van der Waals surface area contributed by atoms with E-state index < -0.39 is 18.1 Å². The van der Waals surface area contributed by atoms with Crippen LogP contribution in [0.15, 0.2) is 66.8 Å². The van der Waals surface area contributed by atoms with E-state index in [1.54, 1.807) is 23.5 Å². The number of carbonyl (C=O) groups excluding carboxylic acids is 2. The number of nitrogens with zero attached hydrogens (tertiary/aromatic N) is 2. The number of esters is 2. The summed E-state index contributed by atoms with van der Waals surface area (Å²) in [5.74, 6) is -1.30. The molecule has 0 bridgehead atoms. The molecular weight excluding hydrogens is 346 g/mol. The van der Waals surface area contributed by atoms with E-state index in [9.17, 15) is 9.59 Å². The normalized spacial score (nSPS) is 15.7. The molecule has 0 radical (unpaired) electrons. The van der Waals surface area contributed by atoms with Crippen molar-refractivity contribution in [3.05, 3.63) is 77.9 Å². The molecule has 2 heterocycles. The van der Waals surface area contributed by atoms with Gasteiger partial charge in [0.05, 0.1) is 26.0 Å². The van der Waals surface area contributed by atoms with Crippen molar-refractivity contribution in [2.24, 2.45) is 0 Å². The topological polar surface area (TPSA) is 80.8 Å². The van der Waals surface area contributed by atoms with Crippen molar-refractivity contribution in [1.29, 1.82) is 0 Å². The summed E-state index contributed by atoms with van der Waals surface area (Å²) in [5.41, 5.74) is 2.75. The van der Waals surface area contributed by atoms with Crippen LogP contribution >= 0.6 is 0 Å². The van der Waals surface area contributed by atoms with Gasteiger partial charge < -0.3 is 19.7 Å². The van der Waals surface area contributed by atoms with Crippen molar-refractivity contribution in [3.8, 4) is 0 Å². The first-order valence-corrected chi connectivity index (χ1v) is 8.24. The van der Waals surface area contributed by atoms with Crippen LogP contribution in [0, 0.1) is 0 Å². The van der Waals surface area contributed by atoms with Gasteiger partial charge in [-0.2, -0.15) is 0 Å². The minimum absolute atomic E-state index is 0.0523. The molecule has 0 saturated carbocycles. The summed E-state index contributed by atoms with van der Waals surface area (Å²) >= 11 is 0. The monoisotopic (exact) mass is 365 g/mol. The highest BCUT2D eigenvalue weighted by Crippen LogP contribution is 2.34. The molecule has 0 fully saturated rings. The second-order valence-corrected chi connectivity index (χ2v) is 5.68. The summed E-state index contributed by atoms with van der Waals surface area (Å²) in [6.45, 7) is 0. The number of pyridine rings is 1. The molecule has 1 aromatic carbocycles. The van der Waals surface area contributed by atoms with Crippen molar-refractivity contribution in [3.63, 3.8) is 0 Å². The van der Waals surface area contributed by atoms with E-state index in [0.717, 1.165) is 22.9 Å². The first kappa shape index (κ1) is 18.2. The molecule has 0 aliphatic carbocycles. The van der Waals surface area contributed by atoms with E-state index in [2.05, 4.69) is 15.0 Å². The van der Waals surface area contributed by atoms with Gasteiger partial charge in [-0.15, -0.1) is 0 Å². The fourth-order valence-corrected chi connectivity index (χ4v) is 2.79. The van der Waals surface area contributed by atoms with Crippen molar-refractivity contribution >= 4 is 23.7 Å². The molecule has 3 rings (SSSR count). The van der Waals surface area contributed by atoms with Crippen molar-refractivity contribution in [2.75, 3.05) is 19.5 Å². The predicted octanol–water partition coefficient (Wildman–Crippen LogP) is 2.71. The number of hydrogen-bond acceptors (Lipinski definition) is 7. The van der Waals surface area contributed by atoms with E-state index in [1.165, 1.54) is 14.2 Å². The van der Waals surface area contributed by atoms with Crippen LogP contribution in [0.4, 0.5) is 5.69 Å². The third-order valence-corrected chi connectivity index (χ3v) is 4.08. The SMILES string of the molecule is COC(=O)/C=C(\C(=O)OC)N1C=Cc2ccccc2C1Nc1cccnc1. The molecule has 1 unspecified atom stereocenters. The lowest BCUT2D eigenvalue weighted by molar-refractivity contribution is -0.140. The number of benzene rings is 1. The van der Waals surface area contributed by atoms with Gasteiger partial charge in [0.1, 0.15) is 11.9 Å². The van der Waals surface area contributed by atoms with Gasteiger partial charge >= 0.3 is 11.9 Å². The van der Waals surface area contributed by atoms with Crippen molar-refractivity contribution in [1.82, 2.24) is 9.88 Å². The van der Waals surface area contributed by atoms with Gasteiger partial charge in [-0.05, 0) is 23.8 Å². The molecule has 27 heavy (non-hydrogen) atoms. The number of rotatable bonds is 5. The zero-order chi connectivity index (χ0) is 19.2. The van der Waals surface area contributed by atoms with Gasteiger partial charge in [-0.25, -0.2) is 9.59 Å². The van der Waals surface area contributed by atoms with E-state index in [1.807, 2.05) is 42.5 Å². The van der Waals surface area contributed by atoms with E-state index >= 15 is 0 Å². The Bertz CT molecular complexity index is 893. The van der Waals surface area contributed by atoms with Crippen LogP contribution in [0.5, 0.6) is 0 Å². The lowest BCUT2D eigenvalue weighted by atomic mass is 10.00. The number of ether oxygens (including phenoxy) is 2. The maximum atomic E-state index is 12.4. The average molecular weight is 365 g/mol. The average Bonchev–Trinajstić information content (AvgIpc) is 2.72. The highest BCUT2D eigenvalue weighted by molar-refractivity contribution is 5.96. The van der Waals surface area contributed by atoms with Crippen LogP contribution < -0.4 is 5.32 Å². The Kier molecular flexibility index (Phi) is 5.51. The number of aromatic nitrogens is 1. The predicted molar refractivity (Wildman–Crippen MR) is 100 cm³/mol. The maximum absolute atomic E-state index is 12.4. The highest BCUT2D eigenvalue weighted by Gasteiger charge is 2.30. The number of fused-ring (bicyclic) bond motifs is 1. The van der Waals surface area contributed by atoms with Crippen LogP contribution in [0.3, 0.4) is 0 Å². The Balaban J connectivity index is 2.07. The molecule has 7 nitrogen and oxygen atoms in total. The van der Waals surface area contributed by atoms with E-state index in [0.29, 0.717) is 0 Å². The largest absolute Gasteiger partial charge is 0.466 e. The molecule has 2 aromatic rings. The maximum Gasteiger partial charge on any atom is 0.355 e. The van der Waals surface area contributed by atoms with Gasteiger partial charge in [0, 0.05) is 24.2 Å². The lowest BCUT2D eigenvalue weighted by Crippen LogP contribution is -2.35. The van der Waals surface area contributed by atoms with Crippen molar-refractivity contribution < 1.29 is 19.1 Å². The Labute approximate surface area is 156 Å². The molecule has 7 heteroatoms. The van der Waals surface area contributed by atoms with Crippen LogP contribution in [-0.2, 0) is 19.1 Å². The summed E-state index contributed by atoms with van der Waals surface area (Å²) < 4.78 is 9.55. The van der Waals surface area contributed by atoms with Gasteiger partial charge in [0.2, 0.25) is 0 Å². The minimum atomic E-state index is -0.651. The Morgan fingerprint density at radius 3 is 2.67 bits per heavy atom. The lowest BCUT2D eigenvalue weighted by Gasteiger charge is -2.36. The first-order valence-electron chi connectivity index (χ1n) is 8.24. The molecule has 0 saturated heterocycles. The molecule has 1 N–H and O–H groups in total. The second kappa shape index (κ2) is 8.18. The first-order chi connectivity index (χ1) is 13.1. The summed E-state index contributed by atoms with van der Waals surface area (Å²) in [7, 11) is 2.51. The smallest absolute Gasteiger partial charge is 0.355 e.